The summed E-state index contributed by atoms with van der Waals surface area (Å²) in [5.41, 5.74) is 4.89. The smallest absolute Gasteiger partial charge is 0.338 e. The van der Waals surface area contributed by atoms with Crippen LogP contribution in [0.3, 0.4) is 0 Å². The summed E-state index contributed by atoms with van der Waals surface area (Å²) in [7, 11) is 7.77. The molecule has 0 radical (unpaired) electrons. The average molecular weight is 435 g/mol. The zero-order valence-corrected chi connectivity index (χ0v) is 19.3. The molecule has 2 aliphatic heterocycles. The second-order valence-electron chi connectivity index (χ2n) is 9.24. The number of esters is 1. The Bertz CT molecular complexity index is 1110. The summed E-state index contributed by atoms with van der Waals surface area (Å²) in [6, 6.07) is 9.77. The number of benzene rings is 2. The first-order chi connectivity index (χ1) is 15.3. The van der Waals surface area contributed by atoms with Gasteiger partial charge < -0.3 is 24.0 Å². The quantitative estimate of drug-likeness (QED) is 0.534. The Morgan fingerprint density at radius 2 is 2.06 bits per heavy atom. The lowest BCUT2D eigenvalue weighted by Crippen LogP contribution is -2.47. The number of hydrogen-bond donors (Lipinski definition) is 0. The standard InChI is InChI=1S/C26H30N2O4/c1-16-14-17(6-7-19(16)27(2)3)25(29)31-18-10-11-26-12-13-28(4)20-8-9-21(30-5)24(23(20)26)32-22(26)15-18/h6-11,14,18,22H,12-13,15H2,1-5H3/t18-,22?,26-/m0/s1. The van der Waals surface area contributed by atoms with Crippen molar-refractivity contribution in [3.05, 3.63) is 59.2 Å². The number of methoxy groups -OCH3 is 1. The van der Waals surface area contributed by atoms with Crippen molar-refractivity contribution >= 4 is 17.3 Å². The molecular formula is C26H30N2O4. The molecule has 0 amide bonds. The van der Waals surface area contributed by atoms with Gasteiger partial charge in [-0.3, -0.25) is 0 Å². The molecule has 5 rings (SSSR count). The molecule has 3 atom stereocenters. The first kappa shape index (κ1) is 20.7. The molecule has 0 N–H and O–H groups in total. The lowest BCUT2D eigenvalue weighted by atomic mass is 9.67. The zero-order valence-electron chi connectivity index (χ0n) is 19.3. The van der Waals surface area contributed by atoms with E-state index < -0.39 is 0 Å². The summed E-state index contributed by atoms with van der Waals surface area (Å²) in [4.78, 5) is 17.2. The van der Waals surface area contributed by atoms with Gasteiger partial charge in [0.05, 0.1) is 18.1 Å². The molecule has 168 valence electrons. The van der Waals surface area contributed by atoms with Gasteiger partial charge in [-0.15, -0.1) is 0 Å². The van der Waals surface area contributed by atoms with Crippen LogP contribution in [0, 0.1) is 6.92 Å². The minimum Gasteiger partial charge on any atom is -0.493 e. The van der Waals surface area contributed by atoms with E-state index in [9.17, 15) is 4.79 Å². The van der Waals surface area contributed by atoms with E-state index in [2.05, 4.69) is 24.1 Å². The number of hydrogen-bond acceptors (Lipinski definition) is 6. The Labute approximate surface area is 189 Å². The maximum atomic E-state index is 12.9. The normalized spacial score (nSPS) is 25.0. The van der Waals surface area contributed by atoms with E-state index in [1.807, 2.05) is 56.3 Å². The van der Waals surface area contributed by atoms with Crippen molar-refractivity contribution in [3.63, 3.8) is 0 Å². The van der Waals surface area contributed by atoms with E-state index in [0.717, 1.165) is 35.7 Å². The van der Waals surface area contributed by atoms with E-state index in [-0.39, 0.29) is 23.6 Å². The first-order valence-corrected chi connectivity index (χ1v) is 11.1. The SMILES string of the molecule is COc1ccc2c3c1OC1C[C@@H](OC(=O)c4ccc(N(C)C)c(C)c4)C=C[C@@]31CCN2C. The van der Waals surface area contributed by atoms with E-state index >= 15 is 0 Å². The van der Waals surface area contributed by atoms with Crippen LogP contribution in [0.15, 0.2) is 42.5 Å². The highest BCUT2D eigenvalue weighted by atomic mass is 16.6. The highest BCUT2D eigenvalue weighted by Gasteiger charge is 2.54. The van der Waals surface area contributed by atoms with Gasteiger partial charge in [-0.1, -0.05) is 6.08 Å². The zero-order chi connectivity index (χ0) is 22.6. The van der Waals surface area contributed by atoms with Crippen molar-refractivity contribution in [1.29, 1.82) is 0 Å². The van der Waals surface area contributed by atoms with Crippen molar-refractivity contribution in [1.82, 2.24) is 0 Å². The van der Waals surface area contributed by atoms with Crippen molar-refractivity contribution in [2.75, 3.05) is 44.6 Å². The molecule has 0 saturated heterocycles. The third-order valence-corrected chi connectivity index (χ3v) is 7.12. The number of anilines is 2. The third kappa shape index (κ3) is 3.04. The molecule has 2 aromatic carbocycles. The van der Waals surface area contributed by atoms with Crippen LogP contribution in [-0.2, 0) is 10.2 Å². The third-order valence-electron chi connectivity index (χ3n) is 7.12. The predicted octanol–water partition coefficient (Wildman–Crippen LogP) is 4.09. The largest absolute Gasteiger partial charge is 0.493 e. The predicted molar refractivity (Wildman–Crippen MR) is 125 cm³/mol. The van der Waals surface area contributed by atoms with Crippen LogP contribution in [0.4, 0.5) is 11.4 Å². The number of nitrogens with zero attached hydrogens (tertiary/aromatic N) is 2. The monoisotopic (exact) mass is 434 g/mol. The van der Waals surface area contributed by atoms with Crippen molar-refractivity contribution in [3.8, 4) is 11.5 Å². The number of rotatable bonds is 4. The number of aryl methyl sites for hydroxylation is 1. The first-order valence-electron chi connectivity index (χ1n) is 11.1. The molecule has 3 aliphatic rings. The molecule has 0 saturated carbocycles. The summed E-state index contributed by atoms with van der Waals surface area (Å²) in [6.45, 7) is 2.95. The van der Waals surface area contributed by atoms with Crippen LogP contribution in [0.5, 0.6) is 11.5 Å². The van der Waals surface area contributed by atoms with Gasteiger partial charge in [0.25, 0.3) is 0 Å². The lowest BCUT2D eigenvalue weighted by molar-refractivity contribution is 0.0221. The molecule has 2 aromatic rings. The second kappa shape index (κ2) is 7.47. The highest BCUT2D eigenvalue weighted by Crippen LogP contribution is 2.58. The number of carbonyl (C=O) groups excluding carboxylic acids is 1. The highest BCUT2D eigenvalue weighted by molar-refractivity contribution is 5.90. The Morgan fingerprint density at radius 3 is 2.78 bits per heavy atom. The van der Waals surface area contributed by atoms with Gasteiger partial charge in [-0.25, -0.2) is 4.79 Å². The van der Waals surface area contributed by atoms with E-state index in [1.165, 1.54) is 11.3 Å². The average Bonchev–Trinajstić information content (AvgIpc) is 3.11. The molecule has 0 aromatic heterocycles. The molecule has 0 fully saturated rings. The van der Waals surface area contributed by atoms with E-state index in [1.54, 1.807) is 7.11 Å². The fourth-order valence-electron chi connectivity index (χ4n) is 5.44. The maximum Gasteiger partial charge on any atom is 0.338 e. The Kier molecular flexibility index (Phi) is 4.84. The molecule has 6 nitrogen and oxygen atoms in total. The maximum absolute atomic E-state index is 12.9. The molecule has 0 bridgehead atoms. The molecular weight excluding hydrogens is 404 g/mol. The van der Waals surface area contributed by atoms with Gasteiger partial charge in [0.1, 0.15) is 12.2 Å². The Morgan fingerprint density at radius 1 is 1.25 bits per heavy atom. The molecule has 2 heterocycles. The molecule has 1 unspecified atom stereocenters. The van der Waals surface area contributed by atoms with Gasteiger partial charge in [0, 0.05) is 51.0 Å². The van der Waals surface area contributed by atoms with Crippen LogP contribution < -0.4 is 19.3 Å². The lowest BCUT2D eigenvalue weighted by Gasteiger charge is -2.42. The topological polar surface area (TPSA) is 51.2 Å². The van der Waals surface area contributed by atoms with Crippen molar-refractivity contribution in [2.24, 2.45) is 0 Å². The number of carbonyl (C=O) groups is 1. The van der Waals surface area contributed by atoms with E-state index in [4.69, 9.17) is 14.2 Å². The van der Waals surface area contributed by atoms with Gasteiger partial charge in [0.2, 0.25) is 0 Å². The van der Waals surface area contributed by atoms with Crippen molar-refractivity contribution < 1.29 is 19.0 Å². The Balaban J connectivity index is 1.40. The summed E-state index contributed by atoms with van der Waals surface area (Å²) < 4.78 is 18.0. The molecule has 6 heteroatoms. The van der Waals surface area contributed by atoms with E-state index in [0.29, 0.717) is 12.0 Å². The number of ether oxygens (including phenoxy) is 3. The van der Waals surface area contributed by atoms with Crippen LogP contribution in [0.2, 0.25) is 0 Å². The van der Waals surface area contributed by atoms with Gasteiger partial charge in [-0.05, 0) is 55.3 Å². The van der Waals surface area contributed by atoms with Gasteiger partial charge in [-0.2, -0.15) is 0 Å². The summed E-state index contributed by atoms with van der Waals surface area (Å²) in [5, 5.41) is 0. The van der Waals surface area contributed by atoms with Crippen LogP contribution in [0.1, 0.15) is 34.3 Å². The van der Waals surface area contributed by atoms with Crippen molar-refractivity contribution in [2.45, 2.75) is 37.4 Å². The summed E-state index contributed by atoms with van der Waals surface area (Å²) >= 11 is 0. The van der Waals surface area contributed by atoms with Crippen LogP contribution in [-0.4, -0.2) is 53.0 Å². The fraction of sp³-hybridized carbons (Fsp3) is 0.423. The summed E-state index contributed by atoms with van der Waals surface area (Å²) in [6.07, 6.45) is 5.43. The Hall–Kier alpha value is -3.15. The fourth-order valence-corrected chi connectivity index (χ4v) is 5.44. The van der Waals surface area contributed by atoms with Crippen LogP contribution in [0.25, 0.3) is 0 Å². The second-order valence-corrected chi connectivity index (χ2v) is 9.24. The molecule has 32 heavy (non-hydrogen) atoms. The van der Waals surface area contributed by atoms with Gasteiger partial charge in [0.15, 0.2) is 11.5 Å². The minimum absolute atomic E-state index is 0.0816. The minimum atomic E-state index is -0.324. The van der Waals surface area contributed by atoms with Gasteiger partial charge >= 0.3 is 5.97 Å². The molecule has 1 spiro atoms. The summed E-state index contributed by atoms with van der Waals surface area (Å²) in [5.74, 6) is 1.28. The van der Waals surface area contributed by atoms with Crippen LogP contribution >= 0.6 is 0 Å². The molecule has 1 aliphatic carbocycles.